The molecule has 2 heterocycles. The van der Waals surface area contributed by atoms with Crippen molar-refractivity contribution in [3.05, 3.63) is 65.2 Å². The minimum Gasteiger partial charge on any atom is -0.380 e. The highest BCUT2D eigenvalue weighted by molar-refractivity contribution is 7.92. The van der Waals surface area contributed by atoms with Crippen LogP contribution in [0.1, 0.15) is 0 Å². The van der Waals surface area contributed by atoms with Crippen LogP contribution in [0.25, 0.3) is 22.3 Å². The Hall–Kier alpha value is -3.24. The smallest absolute Gasteiger partial charge is 0.261 e. The number of nitrogens with one attached hydrogen (secondary N) is 2. The molecule has 0 fully saturated rings. The van der Waals surface area contributed by atoms with Crippen LogP contribution in [0.2, 0.25) is 5.02 Å². The molecule has 4 N–H and O–H groups in total. The fraction of sp³-hybridized carbons (Fsp3) is 0. The molecule has 0 saturated carbocycles. The van der Waals surface area contributed by atoms with Crippen molar-refractivity contribution in [1.82, 2.24) is 15.2 Å². The first kappa shape index (κ1) is 19.1. The lowest BCUT2D eigenvalue weighted by Gasteiger charge is -2.11. The Kier molecular flexibility index (Phi) is 4.59. The molecule has 0 aliphatic heterocycles. The van der Waals surface area contributed by atoms with E-state index in [2.05, 4.69) is 19.9 Å². The Morgan fingerprint density at radius 2 is 1.83 bits per heavy atom. The summed E-state index contributed by atoms with van der Waals surface area (Å²) in [5, 5.41) is 6.85. The van der Waals surface area contributed by atoms with Crippen LogP contribution in [-0.4, -0.2) is 23.6 Å². The number of hydrogen-bond donors (Lipinski definition) is 3. The second-order valence-electron chi connectivity index (χ2n) is 6.08. The van der Waals surface area contributed by atoms with Gasteiger partial charge in [-0.05, 0) is 48.5 Å². The molecule has 0 amide bonds. The summed E-state index contributed by atoms with van der Waals surface area (Å²) in [4.78, 5) is 4.00. The summed E-state index contributed by atoms with van der Waals surface area (Å²) in [5.41, 5.74) is 8.13. The third-order valence-electron chi connectivity index (χ3n) is 4.13. The van der Waals surface area contributed by atoms with Gasteiger partial charge in [0.15, 0.2) is 17.5 Å². The van der Waals surface area contributed by atoms with Crippen LogP contribution in [-0.2, 0) is 10.0 Å². The van der Waals surface area contributed by atoms with Crippen molar-refractivity contribution in [3.8, 4) is 11.3 Å². The number of benzene rings is 2. The average molecular weight is 436 g/mol. The largest absolute Gasteiger partial charge is 0.380 e. The first-order valence-corrected chi connectivity index (χ1v) is 9.99. The minimum atomic E-state index is -4.13. The van der Waals surface area contributed by atoms with Crippen molar-refractivity contribution >= 4 is 44.2 Å². The number of halogens is 3. The molecule has 29 heavy (non-hydrogen) atoms. The van der Waals surface area contributed by atoms with E-state index in [0.717, 1.165) is 12.1 Å². The molecule has 4 rings (SSSR count). The van der Waals surface area contributed by atoms with Gasteiger partial charge in [-0.2, -0.15) is 5.10 Å². The van der Waals surface area contributed by atoms with E-state index in [1.165, 1.54) is 12.1 Å². The third kappa shape index (κ3) is 3.59. The zero-order valence-corrected chi connectivity index (χ0v) is 16.0. The molecule has 0 radical (unpaired) electrons. The number of sulfonamides is 1. The SMILES string of the molecule is Nc1n[nH]c2ccc(-c3ccc(NS(=O)(=O)c4ccc(F)c(F)c4)cc3Cl)nc12. The Bertz CT molecular complexity index is 1360. The van der Waals surface area contributed by atoms with Crippen LogP contribution in [0.4, 0.5) is 20.3 Å². The van der Waals surface area contributed by atoms with Crippen molar-refractivity contribution in [2.75, 3.05) is 10.5 Å². The number of rotatable bonds is 4. The number of nitrogen functional groups attached to an aromatic ring is 1. The van der Waals surface area contributed by atoms with Gasteiger partial charge in [0.05, 0.1) is 26.8 Å². The number of hydrogen-bond acceptors (Lipinski definition) is 5. The minimum absolute atomic E-state index is 0.146. The van der Waals surface area contributed by atoms with Gasteiger partial charge >= 0.3 is 0 Å². The highest BCUT2D eigenvalue weighted by Crippen LogP contribution is 2.31. The maximum atomic E-state index is 13.4. The van der Waals surface area contributed by atoms with E-state index in [9.17, 15) is 17.2 Å². The van der Waals surface area contributed by atoms with Crippen molar-refractivity contribution in [3.63, 3.8) is 0 Å². The van der Waals surface area contributed by atoms with E-state index >= 15 is 0 Å². The molecule has 0 atom stereocenters. The van der Waals surface area contributed by atoms with E-state index in [4.69, 9.17) is 17.3 Å². The summed E-state index contributed by atoms with van der Waals surface area (Å²) < 4.78 is 53.5. The number of pyridine rings is 1. The quantitative estimate of drug-likeness (QED) is 0.449. The average Bonchev–Trinajstić information content (AvgIpc) is 3.04. The monoisotopic (exact) mass is 435 g/mol. The zero-order valence-electron chi connectivity index (χ0n) is 14.4. The first-order chi connectivity index (χ1) is 13.7. The molecule has 11 heteroatoms. The van der Waals surface area contributed by atoms with Gasteiger partial charge in [0.1, 0.15) is 5.52 Å². The molecule has 148 valence electrons. The Morgan fingerprint density at radius 1 is 1.03 bits per heavy atom. The molecule has 0 aliphatic rings. The fourth-order valence-electron chi connectivity index (χ4n) is 2.71. The maximum Gasteiger partial charge on any atom is 0.261 e. The highest BCUT2D eigenvalue weighted by Gasteiger charge is 2.18. The number of nitrogens with two attached hydrogens (primary N) is 1. The molecular formula is C18H12ClF2N5O2S. The van der Waals surface area contributed by atoms with Gasteiger partial charge < -0.3 is 5.73 Å². The van der Waals surface area contributed by atoms with Crippen LogP contribution in [0.3, 0.4) is 0 Å². The van der Waals surface area contributed by atoms with Crippen molar-refractivity contribution in [2.24, 2.45) is 0 Å². The predicted octanol–water partition coefficient (Wildman–Crippen LogP) is 3.94. The summed E-state index contributed by atoms with van der Waals surface area (Å²) in [6.07, 6.45) is 0. The van der Waals surface area contributed by atoms with Gasteiger partial charge in [0.25, 0.3) is 10.0 Å². The standard InChI is InChI=1S/C18H12ClF2N5O2S/c19-12-7-9(26-29(27,28)10-2-4-13(20)14(21)8-10)1-3-11(12)15-5-6-16-17(23-15)18(22)25-24-16/h1-8,26H,(H3,22,24,25). The van der Waals surface area contributed by atoms with Crippen molar-refractivity contribution in [2.45, 2.75) is 4.90 Å². The zero-order chi connectivity index (χ0) is 20.8. The molecular weight excluding hydrogens is 424 g/mol. The van der Waals surface area contributed by atoms with Crippen LogP contribution in [0, 0.1) is 11.6 Å². The second kappa shape index (κ2) is 6.98. The van der Waals surface area contributed by atoms with E-state index in [1.807, 2.05) is 0 Å². The normalized spacial score (nSPS) is 11.7. The van der Waals surface area contributed by atoms with Gasteiger partial charge in [-0.1, -0.05) is 11.6 Å². The molecule has 7 nitrogen and oxygen atoms in total. The van der Waals surface area contributed by atoms with Crippen LogP contribution in [0.15, 0.2) is 53.4 Å². The van der Waals surface area contributed by atoms with Crippen molar-refractivity contribution < 1.29 is 17.2 Å². The molecule has 4 aromatic rings. The maximum absolute atomic E-state index is 13.4. The summed E-state index contributed by atoms with van der Waals surface area (Å²) in [6, 6.07) is 10.2. The third-order valence-corrected chi connectivity index (χ3v) is 5.82. The molecule has 0 bridgehead atoms. The predicted molar refractivity (Wildman–Crippen MR) is 106 cm³/mol. The number of fused-ring (bicyclic) bond motifs is 1. The Morgan fingerprint density at radius 3 is 2.55 bits per heavy atom. The van der Waals surface area contributed by atoms with Crippen LogP contribution >= 0.6 is 11.6 Å². The van der Waals surface area contributed by atoms with Crippen LogP contribution in [0.5, 0.6) is 0 Å². The Balaban J connectivity index is 1.65. The van der Waals surface area contributed by atoms with Crippen LogP contribution < -0.4 is 10.5 Å². The van der Waals surface area contributed by atoms with Crippen molar-refractivity contribution in [1.29, 1.82) is 0 Å². The first-order valence-electron chi connectivity index (χ1n) is 8.13. The van der Waals surface area contributed by atoms with Gasteiger partial charge in [-0.15, -0.1) is 0 Å². The summed E-state index contributed by atoms with van der Waals surface area (Å²) in [5.74, 6) is -2.16. The van der Waals surface area contributed by atoms with Gasteiger partial charge in [-0.3, -0.25) is 9.82 Å². The molecule has 0 unspecified atom stereocenters. The topological polar surface area (TPSA) is 114 Å². The molecule has 2 aromatic carbocycles. The Labute approximate surface area is 168 Å². The van der Waals surface area contributed by atoms with Gasteiger partial charge in [-0.25, -0.2) is 22.2 Å². The summed E-state index contributed by atoms with van der Waals surface area (Å²) in [6.45, 7) is 0. The summed E-state index contributed by atoms with van der Waals surface area (Å²) in [7, 11) is -4.13. The summed E-state index contributed by atoms with van der Waals surface area (Å²) >= 11 is 6.31. The number of H-pyrrole nitrogens is 1. The lowest BCUT2D eigenvalue weighted by Crippen LogP contribution is -2.13. The number of aromatic amines is 1. The van der Waals surface area contributed by atoms with Gasteiger partial charge in [0, 0.05) is 5.56 Å². The lowest BCUT2D eigenvalue weighted by atomic mass is 10.1. The number of aromatic nitrogens is 3. The van der Waals surface area contributed by atoms with E-state index < -0.39 is 26.6 Å². The lowest BCUT2D eigenvalue weighted by molar-refractivity contribution is 0.504. The second-order valence-corrected chi connectivity index (χ2v) is 8.17. The number of nitrogens with zero attached hydrogens (tertiary/aromatic N) is 2. The molecule has 0 spiro atoms. The molecule has 2 aromatic heterocycles. The highest BCUT2D eigenvalue weighted by atomic mass is 35.5. The fourth-order valence-corrected chi connectivity index (χ4v) is 4.05. The van der Waals surface area contributed by atoms with Gasteiger partial charge in [0.2, 0.25) is 0 Å². The van der Waals surface area contributed by atoms with E-state index in [0.29, 0.717) is 28.4 Å². The molecule has 0 aliphatic carbocycles. The molecule has 0 saturated heterocycles. The number of anilines is 2. The van der Waals surface area contributed by atoms with E-state index in [-0.39, 0.29) is 16.5 Å². The van der Waals surface area contributed by atoms with E-state index in [1.54, 1.807) is 18.2 Å².